The second-order valence-corrected chi connectivity index (χ2v) is 26.9. The molecule has 0 aliphatic carbocycles. The number of hydrogen-bond donors (Lipinski definition) is 3. The van der Waals surface area contributed by atoms with Crippen molar-refractivity contribution in [3.05, 3.63) is 0 Å². The summed E-state index contributed by atoms with van der Waals surface area (Å²) in [5.74, 6) is -1.04. The molecule has 0 aliphatic heterocycles. The van der Waals surface area contributed by atoms with E-state index in [0.717, 1.165) is 181 Å². The maximum Gasteiger partial charge on any atom is 0.306 e. The molecule has 0 heterocycles. The number of nitrogens with one attached hydrogen (secondary N) is 2. The van der Waals surface area contributed by atoms with E-state index in [9.17, 15) is 28.8 Å². The lowest BCUT2D eigenvalue weighted by atomic mass is 10.0. The van der Waals surface area contributed by atoms with Gasteiger partial charge in [-0.3, -0.25) is 28.8 Å². The molecule has 2 amide bonds. The first kappa shape index (κ1) is 88.7. The second-order valence-electron chi connectivity index (χ2n) is 26.9. The van der Waals surface area contributed by atoms with Gasteiger partial charge in [-0.1, -0.05) is 240 Å². The van der Waals surface area contributed by atoms with Crippen LogP contribution in [0.1, 0.15) is 374 Å². The van der Waals surface area contributed by atoms with Crippen molar-refractivity contribution in [3.63, 3.8) is 0 Å². The first-order valence-corrected chi connectivity index (χ1v) is 39.3. The van der Waals surface area contributed by atoms with E-state index in [1.807, 2.05) is 0 Å². The Morgan fingerprint density at radius 3 is 1.01 bits per heavy atom. The average Bonchev–Trinajstić information content (AvgIpc) is 3.76. The number of carbonyl (C=O) groups is 6. The molecular formula is C77H148N4O11. The summed E-state index contributed by atoms with van der Waals surface area (Å²) < 4.78 is 23.0. The van der Waals surface area contributed by atoms with Crippen LogP contribution >= 0.6 is 0 Å². The summed E-state index contributed by atoms with van der Waals surface area (Å²) in [6.45, 7) is 16.9. The Labute approximate surface area is 565 Å². The van der Waals surface area contributed by atoms with E-state index < -0.39 is 5.97 Å². The van der Waals surface area contributed by atoms with Crippen LogP contribution in [0.15, 0.2) is 0 Å². The van der Waals surface area contributed by atoms with E-state index in [-0.39, 0.29) is 48.7 Å². The number of carboxylic acid groups (broad SMARTS) is 1. The lowest BCUT2D eigenvalue weighted by Gasteiger charge is -2.22. The fourth-order valence-electron chi connectivity index (χ4n) is 12.0. The minimum Gasteiger partial charge on any atom is -0.481 e. The zero-order chi connectivity index (χ0) is 67.1. The highest BCUT2D eigenvalue weighted by molar-refractivity contribution is 5.76. The third kappa shape index (κ3) is 68.1. The van der Waals surface area contributed by atoms with Gasteiger partial charge < -0.3 is 44.5 Å². The van der Waals surface area contributed by atoms with Gasteiger partial charge in [0.25, 0.3) is 0 Å². The van der Waals surface area contributed by atoms with Crippen LogP contribution in [0.2, 0.25) is 0 Å². The number of nitrogens with zero attached hydrogens (tertiary/aromatic N) is 2. The van der Waals surface area contributed by atoms with E-state index in [1.54, 1.807) is 0 Å². The molecule has 0 rings (SSSR count). The normalized spacial score (nSPS) is 11.5. The molecule has 3 N–H and O–H groups in total. The van der Waals surface area contributed by atoms with E-state index in [1.165, 1.54) is 154 Å². The molecule has 0 fully saturated rings. The lowest BCUT2D eigenvalue weighted by molar-refractivity contribution is -0.150. The Morgan fingerprint density at radius 1 is 0.304 bits per heavy atom. The molecule has 0 unspecified atom stereocenters. The fourth-order valence-corrected chi connectivity index (χ4v) is 12.0. The molecule has 0 spiro atoms. The average molecular weight is 1310 g/mol. The van der Waals surface area contributed by atoms with Gasteiger partial charge in [-0.05, 0) is 122 Å². The third-order valence-electron chi connectivity index (χ3n) is 17.9. The van der Waals surface area contributed by atoms with E-state index in [2.05, 4.69) is 48.1 Å². The van der Waals surface area contributed by atoms with Crippen LogP contribution in [-0.2, 0) is 47.7 Å². The highest BCUT2D eigenvalue weighted by atomic mass is 16.5. The summed E-state index contributed by atoms with van der Waals surface area (Å²) in [4.78, 5) is 79.3. The van der Waals surface area contributed by atoms with Crippen LogP contribution in [0.3, 0.4) is 0 Å². The number of aliphatic carboxylic acids is 1. The molecule has 0 saturated carbocycles. The predicted molar refractivity (Wildman–Crippen MR) is 381 cm³/mol. The molecule has 92 heavy (non-hydrogen) atoms. The summed E-state index contributed by atoms with van der Waals surface area (Å²) in [6, 6.07) is 0. The number of rotatable bonds is 75. The summed E-state index contributed by atoms with van der Waals surface area (Å²) in [6.07, 6.45) is 56.0. The number of ether oxygens (including phenoxy) is 4. The molecule has 542 valence electrons. The van der Waals surface area contributed by atoms with Gasteiger partial charge in [-0.2, -0.15) is 0 Å². The SMILES string of the molecule is CCCCCCCCCCCOC(=O)CCCCCN(CCCCCCCC(=O)O)CCNC(=O)CCCOCCC(=O)NCCN(CCCCCCC(=O)OC(CCCCCCCC)CCCCCCCC)CCCCCC(=O)OCCCCCCCCCCC. The smallest absolute Gasteiger partial charge is 0.306 e. The monoisotopic (exact) mass is 1310 g/mol. The minimum absolute atomic E-state index is 0.0154. The number of carboxylic acids is 1. The zero-order valence-electron chi connectivity index (χ0n) is 60.7. The maximum atomic E-state index is 13.1. The summed E-state index contributed by atoms with van der Waals surface area (Å²) >= 11 is 0. The van der Waals surface area contributed by atoms with Gasteiger partial charge in [0.1, 0.15) is 6.10 Å². The van der Waals surface area contributed by atoms with Crippen LogP contribution in [0.4, 0.5) is 0 Å². The number of carbonyl (C=O) groups excluding carboxylic acids is 5. The Balaban J connectivity index is 4.87. The summed E-state index contributed by atoms with van der Waals surface area (Å²) in [5, 5.41) is 15.1. The van der Waals surface area contributed by atoms with Crippen molar-refractivity contribution in [3.8, 4) is 0 Å². The Kier molecular flexibility index (Phi) is 69.4. The highest BCUT2D eigenvalue weighted by Gasteiger charge is 2.16. The van der Waals surface area contributed by atoms with E-state index in [4.69, 9.17) is 24.1 Å². The number of hydrogen-bond acceptors (Lipinski definition) is 12. The largest absolute Gasteiger partial charge is 0.481 e. The quantitative estimate of drug-likeness (QED) is 0.0296. The molecule has 15 nitrogen and oxygen atoms in total. The molecule has 0 atom stereocenters. The summed E-state index contributed by atoms with van der Waals surface area (Å²) in [5.41, 5.74) is 0. The van der Waals surface area contributed by atoms with E-state index in [0.29, 0.717) is 78.0 Å². The Hall–Kier alpha value is -3.30. The van der Waals surface area contributed by atoms with Crippen molar-refractivity contribution in [1.82, 2.24) is 20.4 Å². The molecule has 0 aromatic carbocycles. The first-order valence-electron chi connectivity index (χ1n) is 39.3. The van der Waals surface area contributed by atoms with Crippen LogP contribution in [0, 0.1) is 0 Å². The fraction of sp³-hybridized carbons (Fsp3) is 0.922. The number of amides is 2. The molecule has 0 aromatic rings. The first-order chi connectivity index (χ1) is 45.0. The van der Waals surface area contributed by atoms with Crippen LogP contribution in [0.5, 0.6) is 0 Å². The topological polar surface area (TPSA) is 190 Å². The second kappa shape index (κ2) is 72.0. The van der Waals surface area contributed by atoms with Gasteiger partial charge >= 0.3 is 23.9 Å². The molecule has 0 saturated heterocycles. The molecule has 15 heteroatoms. The lowest BCUT2D eigenvalue weighted by Crippen LogP contribution is -2.36. The highest BCUT2D eigenvalue weighted by Crippen LogP contribution is 2.20. The van der Waals surface area contributed by atoms with Crippen molar-refractivity contribution in [2.24, 2.45) is 0 Å². The van der Waals surface area contributed by atoms with Gasteiger partial charge in [-0.15, -0.1) is 0 Å². The minimum atomic E-state index is -0.741. The van der Waals surface area contributed by atoms with Crippen molar-refractivity contribution in [1.29, 1.82) is 0 Å². The van der Waals surface area contributed by atoms with E-state index >= 15 is 0 Å². The molecule has 0 bridgehead atoms. The number of esters is 3. The Morgan fingerprint density at radius 2 is 0.620 bits per heavy atom. The van der Waals surface area contributed by atoms with Crippen molar-refractivity contribution >= 4 is 35.7 Å². The van der Waals surface area contributed by atoms with Crippen molar-refractivity contribution in [2.75, 3.05) is 78.8 Å². The number of unbranched alkanes of at least 4 members (excludes halogenated alkanes) is 37. The van der Waals surface area contributed by atoms with Crippen LogP contribution < -0.4 is 10.6 Å². The zero-order valence-corrected chi connectivity index (χ0v) is 60.7. The molecule has 0 radical (unpaired) electrons. The Bertz CT molecular complexity index is 1640. The van der Waals surface area contributed by atoms with Gasteiger partial charge in [0, 0.05) is 71.3 Å². The van der Waals surface area contributed by atoms with Gasteiger partial charge in [0.15, 0.2) is 0 Å². The van der Waals surface area contributed by atoms with Gasteiger partial charge in [-0.25, -0.2) is 0 Å². The maximum absolute atomic E-state index is 13.1. The van der Waals surface area contributed by atoms with Crippen molar-refractivity contribution in [2.45, 2.75) is 381 Å². The molecule has 0 aliphatic rings. The molecule has 0 aromatic heterocycles. The standard InChI is InChI=1S/C77H148N4O11/c1-5-9-13-17-21-23-25-34-48-68-90-75(86)55-42-36-46-63-80(61-44-32-27-30-40-54-74(84)85)65-59-78-72(82)53-50-67-89-70-58-73(83)79-60-66-81(64-47-37-43-56-76(87)91-69-49-35-26-24-22-18-14-10-6-2)62-45-33-31-41-57-77(88)92-71(51-38-28-19-15-11-7-3)52-39-29-20-16-12-8-4/h71H,5-70H2,1-4H3,(H,78,82)(H,79,83)(H,84,85). The predicted octanol–water partition coefficient (Wildman–Crippen LogP) is 19.1. The van der Waals surface area contributed by atoms with Crippen LogP contribution in [-0.4, -0.2) is 135 Å². The summed E-state index contributed by atoms with van der Waals surface area (Å²) in [7, 11) is 0. The van der Waals surface area contributed by atoms with Gasteiger partial charge in [0.2, 0.25) is 11.8 Å². The van der Waals surface area contributed by atoms with Crippen molar-refractivity contribution < 1.29 is 52.8 Å². The van der Waals surface area contributed by atoms with Crippen LogP contribution in [0.25, 0.3) is 0 Å². The third-order valence-corrected chi connectivity index (χ3v) is 17.9. The van der Waals surface area contributed by atoms with Gasteiger partial charge in [0.05, 0.1) is 19.8 Å². The molecular weight excluding hydrogens is 1160 g/mol.